The van der Waals surface area contributed by atoms with Crippen molar-refractivity contribution in [3.8, 4) is 0 Å². The van der Waals surface area contributed by atoms with E-state index < -0.39 is 0 Å². The fourth-order valence-electron chi connectivity index (χ4n) is 3.11. The molecule has 2 heterocycles. The van der Waals surface area contributed by atoms with Crippen molar-refractivity contribution in [2.45, 2.75) is 31.7 Å². The normalized spacial score (nSPS) is 25.3. The molecule has 2 aliphatic heterocycles. The van der Waals surface area contributed by atoms with E-state index in [1.807, 2.05) is 11.9 Å². The highest BCUT2D eigenvalue weighted by Crippen LogP contribution is 2.22. The Morgan fingerprint density at radius 1 is 0.944 bits per heavy atom. The van der Waals surface area contributed by atoms with Crippen LogP contribution in [0, 0.1) is 5.92 Å². The first-order valence-corrected chi connectivity index (χ1v) is 7.21. The maximum absolute atomic E-state index is 12.5. The quantitative estimate of drug-likeness (QED) is 0.731. The van der Waals surface area contributed by atoms with Gasteiger partial charge in [0.15, 0.2) is 0 Å². The smallest absolute Gasteiger partial charge is 0.225 e. The average molecular weight is 253 g/mol. The number of carbonyl (C=O) groups is 1. The van der Waals surface area contributed by atoms with Gasteiger partial charge in [-0.05, 0) is 66.0 Å². The van der Waals surface area contributed by atoms with Crippen LogP contribution in [0.2, 0.25) is 0 Å². The second-order valence-electron chi connectivity index (χ2n) is 6.06. The molecule has 2 rings (SSSR count). The van der Waals surface area contributed by atoms with Crippen molar-refractivity contribution in [1.82, 2.24) is 14.7 Å². The molecule has 2 saturated heterocycles. The van der Waals surface area contributed by atoms with Crippen LogP contribution in [0.25, 0.3) is 0 Å². The summed E-state index contributed by atoms with van der Waals surface area (Å²) >= 11 is 0. The van der Waals surface area contributed by atoms with Gasteiger partial charge in [0.05, 0.1) is 0 Å². The van der Waals surface area contributed by atoms with Gasteiger partial charge >= 0.3 is 0 Å². The average Bonchev–Trinajstić information content (AvgIpc) is 2.39. The minimum atomic E-state index is 0.269. The molecule has 2 aliphatic rings. The van der Waals surface area contributed by atoms with E-state index in [1.165, 1.54) is 0 Å². The molecular formula is C14H27N3O. The zero-order valence-corrected chi connectivity index (χ0v) is 12.1. The van der Waals surface area contributed by atoms with E-state index in [0.29, 0.717) is 11.9 Å². The number of amides is 1. The van der Waals surface area contributed by atoms with E-state index >= 15 is 0 Å². The number of likely N-dealkylation sites (tertiary alicyclic amines) is 2. The lowest BCUT2D eigenvalue weighted by molar-refractivity contribution is -0.138. The first-order valence-electron chi connectivity index (χ1n) is 7.21. The predicted molar refractivity (Wildman–Crippen MR) is 73.5 cm³/mol. The fraction of sp³-hybridized carbons (Fsp3) is 0.929. The van der Waals surface area contributed by atoms with E-state index in [1.54, 1.807) is 0 Å². The molecule has 18 heavy (non-hydrogen) atoms. The zero-order valence-electron chi connectivity index (χ0n) is 12.1. The van der Waals surface area contributed by atoms with E-state index in [4.69, 9.17) is 0 Å². The van der Waals surface area contributed by atoms with Gasteiger partial charge in [0.2, 0.25) is 5.91 Å². The Hall–Kier alpha value is -0.610. The summed E-state index contributed by atoms with van der Waals surface area (Å²) < 4.78 is 0. The Labute approximate surface area is 111 Å². The van der Waals surface area contributed by atoms with Crippen molar-refractivity contribution in [3.05, 3.63) is 0 Å². The molecule has 0 radical (unpaired) electrons. The van der Waals surface area contributed by atoms with E-state index in [0.717, 1.165) is 51.9 Å². The summed E-state index contributed by atoms with van der Waals surface area (Å²) in [6.07, 6.45) is 4.33. The predicted octanol–water partition coefficient (Wildman–Crippen LogP) is 0.881. The highest BCUT2D eigenvalue weighted by atomic mass is 16.2. The molecule has 0 atom stereocenters. The lowest BCUT2D eigenvalue weighted by atomic mass is 9.94. The van der Waals surface area contributed by atoms with Gasteiger partial charge in [-0.25, -0.2) is 0 Å². The first-order chi connectivity index (χ1) is 8.58. The second kappa shape index (κ2) is 6.02. The SMILES string of the molecule is CN1CCC(C(=O)N(C)C2CCN(C)CC2)CC1. The molecule has 4 heteroatoms. The van der Waals surface area contributed by atoms with Crippen molar-refractivity contribution in [1.29, 1.82) is 0 Å². The fourth-order valence-corrected chi connectivity index (χ4v) is 3.11. The van der Waals surface area contributed by atoms with Crippen LogP contribution in [0.1, 0.15) is 25.7 Å². The molecule has 0 N–H and O–H groups in total. The van der Waals surface area contributed by atoms with Crippen LogP contribution in [0.5, 0.6) is 0 Å². The van der Waals surface area contributed by atoms with Crippen molar-refractivity contribution >= 4 is 5.91 Å². The summed E-state index contributed by atoms with van der Waals surface area (Å²) in [6, 6.07) is 0.466. The van der Waals surface area contributed by atoms with Crippen molar-refractivity contribution in [2.24, 2.45) is 5.92 Å². The highest BCUT2D eigenvalue weighted by Gasteiger charge is 2.30. The molecule has 0 spiro atoms. The molecule has 4 nitrogen and oxygen atoms in total. The number of carbonyl (C=O) groups excluding carboxylic acids is 1. The molecule has 0 aliphatic carbocycles. The van der Waals surface area contributed by atoms with Crippen LogP contribution < -0.4 is 0 Å². The number of hydrogen-bond donors (Lipinski definition) is 0. The van der Waals surface area contributed by atoms with Gasteiger partial charge in [-0.15, -0.1) is 0 Å². The molecule has 2 fully saturated rings. The van der Waals surface area contributed by atoms with Crippen LogP contribution >= 0.6 is 0 Å². The van der Waals surface area contributed by atoms with Crippen LogP contribution in [0.4, 0.5) is 0 Å². The standard InChI is InChI=1S/C14H27N3O/c1-15-8-4-12(5-9-15)14(18)17(3)13-6-10-16(2)11-7-13/h12-13H,4-11H2,1-3H3. The molecule has 0 aromatic heterocycles. The number of hydrogen-bond acceptors (Lipinski definition) is 3. The summed E-state index contributed by atoms with van der Waals surface area (Å²) in [4.78, 5) is 19.2. The van der Waals surface area contributed by atoms with Crippen LogP contribution in [-0.4, -0.2) is 74.0 Å². The van der Waals surface area contributed by atoms with Gasteiger partial charge < -0.3 is 14.7 Å². The lowest BCUT2D eigenvalue weighted by Gasteiger charge is -2.38. The maximum atomic E-state index is 12.5. The van der Waals surface area contributed by atoms with Gasteiger partial charge in [-0.3, -0.25) is 4.79 Å². The van der Waals surface area contributed by atoms with Gasteiger partial charge in [0, 0.05) is 19.0 Å². The summed E-state index contributed by atoms with van der Waals surface area (Å²) in [7, 11) is 6.31. The summed E-state index contributed by atoms with van der Waals surface area (Å²) in [5.41, 5.74) is 0. The third kappa shape index (κ3) is 3.23. The van der Waals surface area contributed by atoms with E-state index in [-0.39, 0.29) is 5.92 Å². The number of nitrogens with zero attached hydrogens (tertiary/aromatic N) is 3. The topological polar surface area (TPSA) is 26.8 Å². The molecule has 0 unspecified atom stereocenters. The van der Waals surface area contributed by atoms with Gasteiger partial charge in [-0.1, -0.05) is 0 Å². The maximum Gasteiger partial charge on any atom is 0.225 e. The Morgan fingerprint density at radius 2 is 1.39 bits per heavy atom. The van der Waals surface area contributed by atoms with Crippen molar-refractivity contribution in [3.63, 3.8) is 0 Å². The molecule has 1 amide bonds. The first kappa shape index (κ1) is 13.8. The highest BCUT2D eigenvalue weighted by molar-refractivity contribution is 5.79. The Bertz CT molecular complexity index is 279. The van der Waals surface area contributed by atoms with E-state index in [9.17, 15) is 4.79 Å². The molecule has 104 valence electrons. The number of piperidine rings is 2. The van der Waals surface area contributed by atoms with Gasteiger partial charge in [0.1, 0.15) is 0 Å². The van der Waals surface area contributed by atoms with Crippen molar-refractivity contribution in [2.75, 3.05) is 47.3 Å². The monoisotopic (exact) mass is 253 g/mol. The Morgan fingerprint density at radius 3 is 1.89 bits per heavy atom. The molecule has 0 aromatic rings. The van der Waals surface area contributed by atoms with Gasteiger partial charge in [-0.2, -0.15) is 0 Å². The minimum Gasteiger partial charge on any atom is -0.342 e. The van der Waals surface area contributed by atoms with Gasteiger partial charge in [0.25, 0.3) is 0 Å². The molecule has 0 bridgehead atoms. The lowest BCUT2D eigenvalue weighted by Crippen LogP contribution is -2.48. The third-order valence-electron chi connectivity index (χ3n) is 4.65. The Balaban J connectivity index is 1.84. The van der Waals surface area contributed by atoms with Crippen LogP contribution in [-0.2, 0) is 4.79 Å². The van der Waals surface area contributed by atoms with Crippen LogP contribution in [0.15, 0.2) is 0 Å². The summed E-state index contributed by atoms with van der Waals surface area (Å²) in [5.74, 6) is 0.656. The largest absolute Gasteiger partial charge is 0.342 e. The minimum absolute atomic E-state index is 0.269. The third-order valence-corrected chi connectivity index (χ3v) is 4.65. The molecule has 0 aromatic carbocycles. The van der Waals surface area contributed by atoms with E-state index in [2.05, 4.69) is 23.9 Å². The second-order valence-corrected chi connectivity index (χ2v) is 6.06. The Kier molecular flexibility index (Phi) is 4.62. The number of rotatable bonds is 2. The van der Waals surface area contributed by atoms with Crippen molar-refractivity contribution < 1.29 is 4.79 Å². The van der Waals surface area contributed by atoms with Crippen LogP contribution in [0.3, 0.4) is 0 Å². The molecular weight excluding hydrogens is 226 g/mol. The summed E-state index contributed by atoms with van der Waals surface area (Å²) in [6.45, 7) is 4.38. The molecule has 0 saturated carbocycles. The summed E-state index contributed by atoms with van der Waals surface area (Å²) in [5, 5.41) is 0. The zero-order chi connectivity index (χ0) is 13.1.